The van der Waals surface area contributed by atoms with E-state index in [0.717, 1.165) is 19.3 Å². The van der Waals surface area contributed by atoms with Gasteiger partial charge in [0.15, 0.2) is 0 Å². The molecule has 70 valence electrons. The van der Waals surface area contributed by atoms with E-state index in [1.165, 1.54) is 5.06 Å². The fourth-order valence-electron chi connectivity index (χ4n) is 0.723. The third-order valence-corrected chi connectivity index (χ3v) is 1.39. The van der Waals surface area contributed by atoms with Crippen molar-refractivity contribution in [2.45, 2.75) is 26.2 Å². The molecular weight excluding hydrogens is 154 g/mol. The largest absolute Gasteiger partial charge is 0.365 e. The van der Waals surface area contributed by atoms with Gasteiger partial charge in [-0.1, -0.05) is 19.9 Å². The zero-order valence-electron chi connectivity index (χ0n) is 8.09. The molecule has 0 saturated carbocycles. The van der Waals surface area contributed by atoms with E-state index in [4.69, 9.17) is 4.84 Å². The Balaban J connectivity index is 3.70. The first-order chi connectivity index (χ1) is 5.57. The van der Waals surface area contributed by atoms with Crippen LogP contribution in [0.2, 0.25) is 0 Å². The molecule has 0 aliphatic carbocycles. The lowest BCUT2D eigenvalue weighted by Gasteiger charge is -2.10. The van der Waals surface area contributed by atoms with Gasteiger partial charge in [-0.05, 0) is 12.8 Å². The molecule has 0 radical (unpaired) electrons. The van der Waals surface area contributed by atoms with E-state index >= 15 is 0 Å². The van der Waals surface area contributed by atoms with Crippen molar-refractivity contribution in [2.24, 2.45) is 0 Å². The summed E-state index contributed by atoms with van der Waals surface area (Å²) in [6.45, 7) is 5.72. The third-order valence-electron chi connectivity index (χ3n) is 1.39. The molecule has 0 N–H and O–H groups in total. The Kier molecular flexibility index (Phi) is 5.37. The van der Waals surface area contributed by atoms with Gasteiger partial charge in [-0.2, -0.15) is 0 Å². The van der Waals surface area contributed by atoms with Crippen LogP contribution in [0.25, 0.3) is 0 Å². The second-order valence-electron chi connectivity index (χ2n) is 2.90. The number of rotatable bonds is 5. The molecule has 0 aromatic carbocycles. The Hall–Kier alpha value is -0.830. The molecule has 0 aliphatic rings. The Morgan fingerprint density at radius 3 is 2.50 bits per heavy atom. The maximum atomic E-state index is 11.1. The van der Waals surface area contributed by atoms with Crippen LogP contribution in [-0.4, -0.2) is 25.1 Å². The molecule has 0 heterocycles. The van der Waals surface area contributed by atoms with E-state index < -0.39 is 0 Å². The zero-order chi connectivity index (χ0) is 9.56. The smallest absolute Gasteiger partial charge is 0.352 e. The number of carbonyl (C=O) groups excluding carboxylic acids is 1. The van der Waals surface area contributed by atoms with E-state index in [1.54, 1.807) is 14.1 Å². The van der Waals surface area contributed by atoms with E-state index in [-0.39, 0.29) is 5.97 Å². The van der Waals surface area contributed by atoms with Crippen LogP contribution in [0, 0.1) is 0 Å². The monoisotopic (exact) mass is 171 g/mol. The lowest BCUT2D eigenvalue weighted by Crippen LogP contribution is -2.19. The van der Waals surface area contributed by atoms with Crippen molar-refractivity contribution < 1.29 is 9.63 Å². The van der Waals surface area contributed by atoms with Crippen molar-refractivity contribution in [3.8, 4) is 0 Å². The summed E-state index contributed by atoms with van der Waals surface area (Å²) in [5, 5.41) is 1.37. The topological polar surface area (TPSA) is 29.5 Å². The number of hydrogen-bond donors (Lipinski definition) is 0. The van der Waals surface area contributed by atoms with Crippen molar-refractivity contribution in [2.75, 3.05) is 14.1 Å². The van der Waals surface area contributed by atoms with E-state index in [9.17, 15) is 4.79 Å². The first kappa shape index (κ1) is 11.2. The molecule has 0 rings (SSSR count). The molecule has 3 heteroatoms. The standard InChI is InChI=1S/C9H17NO2/c1-5-6-7-8(2)9(11)12-10(3)4/h2,5-7H2,1,3-4H3. The highest BCUT2D eigenvalue weighted by molar-refractivity contribution is 5.87. The predicted molar refractivity (Wildman–Crippen MR) is 48.4 cm³/mol. The lowest BCUT2D eigenvalue weighted by atomic mass is 10.1. The molecule has 0 aromatic rings. The van der Waals surface area contributed by atoms with Crippen LogP contribution < -0.4 is 0 Å². The highest BCUT2D eigenvalue weighted by Gasteiger charge is 2.08. The van der Waals surface area contributed by atoms with Gasteiger partial charge >= 0.3 is 5.97 Å². The number of nitrogens with zero attached hydrogens (tertiary/aromatic N) is 1. The van der Waals surface area contributed by atoms with Crippen molar-refractivity contribution in [1.29, 1.82) is 0 Å². The molecular formula is C9H17NO2. The van der Waals surface area contributed by atoms with Gasteiger partial charge in [0.1, 0.15) is 0 Å². The maximum Gasteiger partial charge on any atom is 0.352 e. The van der Waals surface area contributed by atoms with Gasteiger partial charge < -0.3 is 4.84 Å². The predicted octanol–water partition coefficient (Wildman–Crippen LogP) is 1.75. The molecule has 0 atom stereocenters. The van der Waals surface area contributed by atoms with Gasteiger partial charge in [-0.25, -0.2) is 4.79 Å². The summed E-state index contributed by atoms with van der Waals surface area (Å²) in [4.78, 5) is 15.9. The summed E-state index contributed by atoms with van der Waals surface area (Å²) < 4.78 is 0. The Labute approximate surface area is 74.0 Å². The number of carbonyl (C=O) groups is 1. The maximum absolute atomic E-state index is 11.1. The van der Waals surface area contributed by atoms with Crippen LogP contribution in [0.5, 0.6) is 0 Å². The molecule has 0 aliphatic heterocycles. The van der Waals surface area contributed by atoms with E-state index in [2.05, 4.69) is 13.5 Å². The van der Waals surface area contributed by atoms with Crippen LogP contribution in [-0.2, 0) is 9.63 Å². The summed E-state index contributed by atoms with van der Waals surface area (Å²) in [5.74, 6) is -0.326. The van der Waals surface area contributed by atoms with Crippen LogP contribution in [0.4, 0.5) is 0 Å². The summed E-state index contributed by atoms with van der Waals surface area (Å²) in [6, 6.07) is 0. The minimum atomic E-state index is -0.326. The lowest BCUT2D eigenvalue weighted by molar-refractivity contribution is -0.173. The molecule has 0 saturated heterocycles. The first-order valence-electron chi connectivity index (χ1n) is 4.15. The summed E-state index contributed by atoms with van der Waals surface area (Å²) in [5.41, 5.74) is 0.547. The average molecular weight is 171 g/mol. The first-order valence-corrected chi connectivity index (χ1v) is 4.15. The van der Waals surface area contributed by atoms with E-state index in [1.807, 2.05) is 0 Å². The molecule has 0 fully saturated rings. The second kappa shape index (κ2) is 5.77. The van der Waals surface area contributed by atoms with Gasteiger partial charge in [0, 0.05) is 19.7 Å². The highest BCUT2D eigenvalue weighted by Crippen LogP contribution is 2.06. The summed E-state index contributed by atoms with van der Waals surface area (Å²) in [6.07, 6.45) is 2.78. The Bertz CT molecular complexity index is 164. The Morgan fingerprint density at radius 1 is 1.50 bits per heavy atom. The van der Waals surface area contributed by atoms with Gasteiger partial charge in [0.05, 0.1) is 0 Å². The third kappa shape index (κ3) is 4.91. The van der Waals surface area contributed by atoms with Crippen LogP contribution in [0.3, 0.4) is 0 Å². The average Bonchev–Trinajstić information content (AvgIpc) is 1.98. The van der Waals surface area contributed by atoms with Gasteiger partial charge in [0.25, 0.3) is 0 Å². The summed E-state index contributed by atoms with van der Waals surface area (Å²) in [7, 11) is 3.34. The van der Waals surface area contributed by atoms with Crippen LogP contribution >= 0.6 is 0 Å². The fraction of sp³-hybridized carbons (Fsp3) is 0.667. The fourth-order valence-corrected chi connectivity index (χ4v) is 0.723. The summed E-state index contributed by atoms with van der Waals surface area (Å²) >= 11 is 0. The Morgan fingerprint density at radius 2 is 2.08 bits per heavy atom. The molecule has 0 bridgehead atoms. The number of unbranched alkanes of at least 4 members (excludes halogenated alkanes) is 1. The quantitative estimate of drug-likeness (QED) is 0.466. The highest BCUT2D eigenvalue weighted by atomic mass is 16.7. The molecule has 12 heavy (non-hydrogen) atoms. The van der Waals surface area contributed by atoms with Gasteiger partial charge in [0.2, 0.25) is 0 Å². The van der Waals surface area contributed by atoms with Crippen molar-refractivity contribution >= 4 is 5.97 Å². The van der Waals surface area contributed by atoms with Crippen LogP contribution in [0.15, 0.2) is 12.2 Å². The SMILES string of the molecule is C=C(CCCC)C(=O)ON(C)C. The minimum absolute atomic E-state index is 0.326. The number of hydroxylamine groups is 2. The van der Waals surface area contributed by atoms with Crippen molar-refractivity contribution in [1.82, 2.24) is 5.06 Å². The van der Waals surface area contributed by atoms with Crippen LogP contribution in [0.1, 0.15) is 26.2 Å². The molecule has 0 aromatic heterocycles. The zero-order valence-corrected chi connectivity index (χ0v) is 8.09. The number of hydrogen-bond acceptors (Lipinski definition) is 3. The second-order valence-corrected chi connectivity index (χ2v) is 2.90. The normalized spacial score (nSPS) is 10.0. The van der Waals surface area contributed by atoms with Crippen molar-refractivity contribution in [3.63, 3.8) is 0 Å². The molecule has 0 spiro atoms. The molecule has 0 unspecified atom stereocenters. The van der Waals surface area contributed by atoms with Gasteiger partial charge in [-0.15, -0.1) is 5.06 Å². The minimum Gasteiger partial charge on any atom is -0.365 e. The van der Waals surface area contributed by atoms with E-state index in [0.29, 0.717) is 5.57 Å². The molecule has 0 amide bonds. The molecule has 3 nitrogen and oxygen atoms in total. The van der Waals surface area contributed by atoms with Gasteiger partial charge in [-0.3, -0.25) is 0 Å². The van der Waals surface area contributed by atoms with Crippen molar-refractivity contribution in [3.05, 3.63) is 12.2 Å².